The van der Waals surface area contributed by atoms with Gasteiger partial charge in [0.05, 0.1) is 6.10 Å². The topological polar surface area (TPSA) is 35.2 Å². The summed E-state index contributed by atoms with van der Waals surface area (Å²) in [5, 5.41) is 4.31. The van der Waals surface area contributed by atoms with Crippen molar-refractivity contribution in [1.82, 2.24) is 0 Å². The Morgan fingerprint density at radius 3 is 3.21 bits per heavy atom. The van der Waals surface area contributed by atoms with E-state index < -0.39 is 0 Å². The van der Waals surface area contributed by atoms with E-state index in [0.29, 0.717) is 6.10 Å². The second-order valence-corrected chi connectivity index (χ2v) is 4.67. The van der Waals surface area contributed by atoms with E-state index in [2.05, 4.69) is 16.8 Å². The fourth-order valence-electron chi connectivity index (χ4n) is 1.89. The van der Waals surface area contributed by atoms with Gasteiger partial charge in [-0.15, -0.1) is 0 Å². The average Bonchev–Trinajstić information content (AvgIpc) is 2.87. The van der Waals surface area contributed by atoms with Gasteiger partial charge in [-0.2, -0.15) is 11.3 Å². The Hall–Kier alpha value is -0.380. The van der Waals surface area contributed by atoms with Crippen molar-refractivity contribution in [3.63, 3.8) is 0 Å². The molecule has 1 fully saturated rings. The molecule has 0 aliphatic carbocycles. The molecule has 1 aliphatic rings. The van der Waals surface area contributed by atoms with E-state index in [1.807, 2.05) is 0 Å². The molecular formula is C11H17NOS. The fraction of sp³-hybridized carbons (Fsp3) is 0.636. The lowest BCUT2D eigenvalue weighted by molar-refractivity contribution is 0.0877. The van der Waals surface area contributed by atoms with Crippen molar-refractivity contribution in [2.75, 3.05) is 6.61 Å². The number of thiophene rings is 1. The maximum absolute atomic E-state index is 6.07. The van der Waals surface area contributed by atoms with Crippen molar-refractivity contribution in [2.45, 2.75) is 37.8 Å². The summed E-state index contributed by atoms with van der Waals surface area (Å²) >= 11 is 1.75. The maximum Gasteiger partial charge on any atom is 0.0726 e. The molecule has 0 radical (unpaired) electrons. The van der Waals surface area contributed by atoms with Crippen molar-refractivity contribution >= 4 is 11.3 Å². The van der Waals surface area contributed by atoms with Gasteiger partial charge in [-0.25, -0.2) is 0 Å². The van der Waals surface area contributed by atoms with Crippen molar-refractivity contribution in [1.29, 1.82) is 0 Å². The molecule has 78 valence electrons. The van der Waals surface area contributed by atoms with Crippen LogP contribution in [0.15, 0.2) is 16.8 Å². The quantitative estimate of drug-likeness (QED) is 0.828. The Morgan fingerprint density at radius 2 is 2.57 bits per heavy atom. The lowest BCUT2D eigenvalue weighted by atomic mass is 10.0. The second kappa shape index (κ2) is 4.91. The van der Waals surface area contributed by atoms with Crippen LogP contribution in [0.25, 0.3) is 0 Å². The van der Waals surface area contributed by atoms with E-state index in [-0.39, 0.29) is 6.04 Å². The molecule has 0 bridgehead atoms. The molecule has 2 rings (SSSR count). The first-order chi connectivity index (χ1) is 6.86. The highest BCUT2D eigenvalue weighted by atomic mass is 32.1. The number of hydrogen-bond acceptors (Lipinski definition) is 3. The first-order valence-corrected chi connectivity index (χ1v) is 6.19. The summed E-state index contributed by atoms with van der Waals surface area (Å²) in [7, 11) is 0. The van der Waals surface area contributed by atoms with Gasteiger partial charge >= 0.3 is 0 Å². The normalized spacial score (nSPS) is 23.9. The molecule has 1 aromatic heterocycles. The Labute approximate surface area is 89.1 Å². The van der Waals surface area contributed by atoms with Crippen LogP contribution in [0.3, 0.4) is 0 Å². The zero-order chi connectivity index (χ0) is 9.80. The van der Waals surface area contributed by atoms with Gasteiger partial charge in [-0.05, 0) is 48.1 Å². The minimum absolute atomic E-state index is 0.220. The van der Waals surface area contributed by atoms with Gasteiger partial charge in [-0.3, -0.25) is 0 Å². The van der Waals surface area contributed by atoms with Gasteiger partial charge in [0.15, 0.2) is 0 Å². The summed E-state index contributed by atoms with van der Waals surface area (Å²) in [4.78, 5) is 0. The highest BCUT2D eigenvalue weighted by Crippen LogP contribution is 2.18. The molecule has 2 nitrogen and oxygen atoms in total. The molecule has 2 atom stereocenters. The smallest absolute Gasteiger partial charge is 0.0726 e. The van der Waals surface area contributed by atoms with Gasteiger partial charge in [0.2, 0.25) is 0 Å². The average molecular weight is 211 g/mol. The minimum Gasteiger partial charge on any atom is -0.377 e. The van der Waals surface area contributed by atoms with Gasteiger partial charge < -0.3 is 10.5 Å². The van der Waals surface area contributed by atoms with Crippen LogP contribution in [-0.2, 0) is 11.2 Å². The van der Waals surface area contributed by atoms with E-state index in [1.54, 1.807) is 11.3 Å². The molecule has 1 saturated heterocycles. The first kappa shape index (κ1) is 10.1. The molecule has 0 spiro atoms. The molecule has 2 unspecified atom stereocenters. The molecular weight excluding hydrogens is 194 g/mol. The van der Waals surface area contributed by atoms with Crippen LogP contribution in [0.5, 0.6) is 0 Å². The number of rotatable bonds is 4. The van der Waals surface area contributed by atoms with Crippen LogP contribution in [0.4, 0.5) is 0 Å². The standard InChI is InChI=1S/C11H17NOS/c12-10(11-2-1-6-13-11)4-3-9-5-7-14-8-9/h5,7-8,10-11H,1-4,6,12H2. The number of hydrogen-bond donors (Lipinski definition) is 1. The largest absolute Gasteiger partial charge is 0.377 e. The summed E-state index contributed by atoms with van der Waals surface area (Å²) in [6.45, 7) is 0.900. The van der Waals surface area contributed by atoms with Gasteiger partial charge in [0.25, 0.3) is 0 Å². The molecule has 2 N–H and O–H groups in total. The van der Waals surface area contributed by atoms with Crippen molar-refractivity contribution in [3.8, 4) is 0 Å². The van der Waals surface area contributed by atoms with Crippen molar-refractivity contribution < 1.29 is 4.74 Å². The lowest BCUT2D eigenvalue weighted by Crippen LogP contribution is -2.34. The third kappa shape index (κ3) is 2.56. The zero-order valence-electron chi connectivity index (χ0n) is 8.32. The Kier molecular flexibility index (Phi) is 3.56. The first-order valence-electron chi connectivity index (χ1n) is 5.24. The molecule has 0 aromatic carbocycles. The molecule has 1 aliphatic heterocycles. The van der Waals surface area contributed by atoms with Gasteiger partial charge in [0, 0.05) is 12.6 Å². The van der Waals surface area contributed by atoms with E-state index in [0.717, 1.165) is 25.9 Å². The summed E-state index contributed by atoms with van der Waals surface area (Å²) in [5.41, 5.74) is 7.48. The summed E-state index contributed by atoms with van der Waals surface area (Å²) in [6, 6.07) is 2.39. The summed E-state index contributed by atoms with van der Waals surface area (Å²) in [5.74, 6) is 0. The third-order valence-corrected chi connectivity index (χ3v) is 3.52. The van der Waals surface area contributed by atoms with Crippen LogP contribution in [-0.4, -0.2) is 18.8 Å². The van der Waals surface area contributed by atoms with E-state index in [4.69, 9.17) is 10.5 Å². The van der Waals surface area contributed by atoms with Crippen LogP contribution >= 0.6 is 11.3 Å². The number of ether oxygens (including phenoxy) is 1. The van der Waals surface area contributed by atoms with Crippen LogP contribution in [0.1, 0.15) is 24.8 Å². The molecule has 0 saturated carbocycles. The fourth-order valence-corrected chi connectivity index (χ4v) is 2.60. The van der Waals surface area contributed by atoms with Gasteiger partial charge in [0.1, 0.15) is 0 Å². The Bertz CT molecular complexity index is 254. The monoisotopic (exact) mass is 211 g/mol. The van der Waals surface area contributed by atoms with Crippen LogP contribution in [0.2, 0.25) is 0 Å². The second-order valence-electron chi connectivity index (χ2n) is 3.89. The SMILES string of the molecule is NC(CCc1ccsc1)C1CCCO1. The number of nitrogens with two attached hydrogens (primary N) is 1. The molecule has 3 heteroatoms. The lowest BCUT2D eigenvalue weighted by Gasteiger charge is -2.17. The van der Waals surface area contributed by atoms with E-state index >= 15 is 0 Å². The third-order valence-electron chi connectivity index (χ3n) is 2.79. The molecule has 14 heavy (non-hydrogen) atoms. The summed E-state index contributed by atoms with van der Waals surface area (Å²) < 4.78 is 5.56. The van der Waals surface area contributed by atoms with Crippen LogP contribution < -0.4 is 5.73 Å². The minimum atomic E-state index is 0.220. The van der Waals surface area contributed by atoms with Gasteiger partial charge in [-0.1, -0.05) is 0 Å². The Balaban J connectivity index is 1.74. The molecule has 2 heterocycles. The van der Waals surface area contributed by atoms with E-state index in [1.165, 1.54) is 12.0 Å². The molecule has 0 amide bonds. The summed E-state index contributed by atoms with van der Waals surface area (Å²) in [6.07, 6.45) is 4.77. The highest BCUT2D eigenvalue weighted by Gasteiger charge is 2.22. The molecule has 1 aromatic rings. The number of aryl methyl sites for hydroxylation is 1. The maximum atomic E-state index is 6.07. The predicted octanol–water partition coefficient (Wildman–Crippen LogP) is 2.19. The predicted molar refractivity (Wildman–Crippen MR) is 59.6 cm³/mol. The van der Waals surface area contributed by atoms with E-state index in [9.17, 15) is 0 Å². The zero-order valence-corrected chi connectivity index (χ0v) is 9.13. The van der Waals surface area contributed by atoms with Crippen LogP contribution in [0, 0.1) is 0 Å². The Morgan fingerprint density at radius 1 is 1.64 bits per heavy atom. The highest BCUT2D eigenvalue weighted by molar-refractivity contribution is 7.07. The van der Waals surface area contributed by atoms with Crippen molar-refractivity contribution in [2.24, 2.45) is 5.73 Å². The van der Waals surface area contributed by atoms with Crippen molar-refractivity contribution in [3.05, 3.63) is 22.4 Å².